The van der Waals surface area contributed by atoms with Crippen molar-refractivity contribution in [1.82, 2.24) is 35.2 Å². The van der Waals surface area contributed by atoms with Crippen molar-refractivity contribution in [3.8, 4) is 22.6 Å². The van der Waals surface area contributed by atoms with Gasteiger partial charge in [0.25, 0.3) is 23.3 Å². The molecule has 2 aromatic carbocycles. The highest BCUT2D eigenvalue weighted by molar-refractivity contribution is 6.27. The monoisotopic (exact) mass is 868 g/mol. The molecule has 3 aliphatic heterocycles. The fourth-order valence-corrected chi connectivity index (χ4v) is 8.35. The lowest BCUT2D eigenvalue weighted by atomic mass is 9.63. The van der Waals surface area contributed by atoms with Crippen molar-refractivity contribution in [2.45, 2.75) is 58.2 Å². The Labute approximate surface area is 362 Å². The number of benzene rings is 2. The quantitative estimate of drug-likeness (QED) is 0.105. The number of aryl methyl sites for hydroxylation is 2. The molecule has 0 unspecified atom stereocenters. The van der Waals surface area contributed by atoms with Crippen molar-refractivity contribution < 1.29 is 47.7 Å². The molecule has 19 nitrogen and oxygen atoms in total. The standard InChI is InChI=1S/C44H52N8O11/c1-42(2,21-46-34(54)20-62-19-29-31(60-7)12-24(13-32(29)61-8)28-18-50(5)40(58)36-27(28)16-47-51(36)6)22-63-23-43(3,4)49-33(53)17-45-30-11-9-10-26-35(30)39(57)52(38(26)56)44-14-25(15-44)37(55)48-41(44)59/h9-13,16,18,25,45H,14-15,17,19-23H2,1-8H3,(H,46,54)(H,49,53)(H,48,55,59). The van der Waals surface area contributed by atoms with Crippen LogP contribution in [0.3, 0.4) is 0 Å². The zero-order valence-electron chi connectivity index (χ0n) is 36.6. The number of hydrogen-bond acceptors (Lipinski definition) is 13. The fourth-order valence-electron chi connectivity index (χ4n) is 8.35. The molecular formula is C44H52N8O11. The molecule has 19 heteroatoms. The number of amides is 6. The van der Waals surface area contributed by atoms with Crippen molar-refractivity contribution in [1.29, 1.82) is 0 Å². The second-order valence-corrected chi connectivity index (χ2v) is 17.7. The van der Waals surface area contributed by atoms with E-state index in [1.807, 2.05) is 26.0 Å². The number of aromatic nitrogens is 3. The van der Waals surface area contributed by atoms with Crippen LogP contribution in [0.25, 0.3) is 22.0 Å². The molecule has 4 aromatic rings. The number of hydrogen-bond donors (Lipinski definition) is 4. The number of anilines is 1. The number of methoxy groups -OCH3 is 2. The van der Waals surface area contributed by atoms with Crippen LogP contribution in [-0.4, -0.2) is 113 Å². The summed E-state index contributed by atoms with van der Waals surface area (Å²) < 4.78 is 26.3. The third-order valence-corrected chi connectivity index (χ3v) is 11.7. The normalized spacial score (nSPS) is 18.2. The number of ether oxygens (including phenoxy) is 4. The van der Waals surface area contributed by atoms with Gasteiger partial charge in [-0.25, -0.2) is 0 Å². The highest BCUT2D eigenvalue weighted by Crippen LogP contribution is 2.49. The van der Waals surface area contributed by atoms with E-state index in [0.717, 1.165) is 16.0 Å². The van der Waals surface area contributed by atoms with Gasteiger partial charge >= 0.3 is 0 Å². The minimum Gasteiger partial charge on any atom is -0.496 e. The first kappa shape index (κ1) is 44.5. The molecule has 0 spiro atoms. The van der Waals surface area contributed by atoms with Crippen LogP contribution in [0.5, 0.6) is 11.5 Å². The number of nitrogens with zero attached hydrogens (tertiary/aromatic N) is 4. The van der Waals surface area contributed by atoms with Crippen LogP contribution in [0, 0.1) is 11.3 Å². The van der Waals surface area contributed by atoms with E-state index in [-0.39, 0.29) is 80.6 Å². The lowest BCUT2D eigenvalue weighted by Crippen LogP contribution is -2.74. The third-order valence-electron chi connectivity index (χ3n) is 11.7. The molecule has 6 amide bonds. The number of rotatable bonds is 18. The van der Waals surface area contributed by atoms with E-state index in [0.29, 0.717) is 28.0 Å². The van der Waals surface area contributed by atoms with E-state index in [9.17, 15) is 33.6 Å². The van der Waals surface area contributed by atoms with Gasteiger partial charge < -0.3 is 39.5 Å². The molecule has 0 atom stereocenters. The van der Waals surface area contributed by atoms with Crippen molar-refractivity contribution in [2.24, 2.45) is 25.4 Å². The molecule has 2 saturated heterocycles. The van der Waals surface area contributed by atoms with Crippen LogP contribution >= 0.6 is 0 Å². The first-order valence-corrected chi connectivity index (χ1v) is 20.4. The Morgan fingerprint density at radius 1 is 0.921 bits per heavy atom. The molecule has 1 saturated carbocycles. The van der Waals surface area contributed by atoms with E-state index in [4.69, 9.17) is 18.9 Å². The van der Waals surface area contributed by atoms with Gasteiger partial charge in [0.1, 0.15) is 29.2 Å². The maximum Gasteiger partial charge on any atom is 0.276 e. The predicted molar refractivity (Wildman–Crippen MR) is 228 cm³/mol. The maximum atomic E-state index is 13.6. The van der Waals surface area contributed by atoms with Crippen LogP contribution in [0.2, 0.25) is 0 Å². The summed E-state index contributed by atoms with van der Waals surface area (Å²) in [5.74, 6) is -2.53. The first-order chi connectivity index (χ1) is 29.8. The molecule has 3 fully saturated rings. The molecule has 4 aliphatic rings. The number of carbonyl (C=O) groups excluding carboxylic acids is 6. The van der Waals surface area contributed by atoms with Crippen LogP contribution in [0.1, 0.15) is 66.8 Å². The Kier molecular flexibility index (Phi) is 11.9. The molecule has 8 rings (SSSR count). The number of nitrogens with one attached hydrogen (secondary N) is 4. The van der Waals surface area contributed by atoms with Crippen molar-refractivity contribution in [3.05, 3.63) is 69.8 Å². The zero-order chi connectivity index (χ0) is 45.6. The van der Waals surface area contributed by atoms with Crippen molar-refractivity contribution in [3.63, 3.8) is 0 Å². The smallest absolute Gasteiger partial charge is 0.276 e. The first-order valence-electron chi connectivity index (χ1n) is 20.4. The summed E-state index contributed by atoms with van der Waals surface area (Å²) in [5, 5.41) is 16.0. The summed E-state index contributed by atoms with van der Waals surface area (Å²) in [4.78, 5) is 91.5. The predicted octanol–water partition coefficient (Wildman–Crippen LogP) is 2.04. The van der Waals surface area contributed by atoms with Gasteiger partial charge in [-0.15, -0.1) is 0 Å². The van der Waals surface area contributed by atoms with E-state index in [1.165, 1.54) is 24.9 Å². The summed E-state index contributed by atoms with van der Waals surface area (Å²) in [6, 6.07) is 8.31. The van der Waals surface area contributed by atoms with E-state index in [1.54, 1.807) is 57.2 Å². The van der Waals surface area contributed by atoms with Gasteiger partial charge in [0, 0.05) is 54.8 Å². The van der Waals surface area contributed by atoms with Gasteiger partial charge in [-0.3, -0.25) is 48.5 Å². The van der Waals surface area contributed by atoms with E-state index in [2.05, 4.69) is 26.4 Å². The maximum absolute atomic E-state index is 13.6. The van der Waals surface area contributed by atoms with Crippen molar-refractivity contribution in [2.75, 3.05) is 52.4 Å². The SMILES string of the molecule is COc1cc(-c2cn(C)c(=O)c3c2cnn3C)cc(OC)c1COCC(=O)NCC(C)(C)COCC(C)(C)NC(=O)CNc1cccc2c1C(=O)N(C13CC(C1)C(=O)NC3=O)C2=O. The zero-order valence-corrected chi connectivity index (χ0v) is 36.6. The minimum absolute atomic E-state index is 0.0213. The lowest BCUT2D eigenvalue weighted by molar-refractivity contribution is -0.158. The molecule has 4 N–H and O–H groups in total. The van der Waals surface area contributed by atoms with E-state index >= 15 is 0 Å². The fraction of sp³-hybridized carbons (Fsp3) is 0.455. The number of carbonyl (C=O) groups is 6. The average Bonchev–Trinajstić information content (AvgIpc) is 3.73. The molecular weight excluding hydrogens is 817 g/mol. The van der Waals surface area contributed by atoms with Crippen molar-refractivity contribution >= 4 is 52.0 Å². The molecule has 5 heterocycles. The van der Waals surface area contributed by atoms with Gasteiger partial charge in [-0.2, -0.15) is 5.10 Å². The molecule has 1 aliphatic carbocycles. The Morgan fingerprint density at radius 3 is 2.29 bits per heavy atom. The number of fused-ring (bicyclic) bond motifs is 4. The summed E-state index contributed by atoms with van der Waals surface area (Å²) in [5.41, 5.74) is 0.176. The van der Waals surface area contributed by atoms with Gasteiger partial charge in [0.2, 0.25) is 17.7 Å². The highest BCUT2D eigenvalue weighted by Gasteiger charge is 2.65. The Hall–Kier alpha value is -6.60. The van der Waals surface area contributed by atoms with Crippen LogP contribution < -0.4 is 36.3 Å². The topological polar surface area (TPSA) is 231 Å². The number of pyridine rings is 1. The van der Waals surface area contributed by atoms with Crippen LogP contribution in [-0.2, 0) is 49.4 Å². The highest BCUT2D eigenvalue weighted by atomic mass is 16.5. The third kappa shape index (κ3) is 8.49. The van der Waals surface area contributed by atoms with Crippen LogP contribution in [0.4, 0.5) is 5.69 Å². The van der Waals surface area contributed by atoms with Gasteiger partial charge in [0.15, 0.2) is 0 Å². The molecule has 63 heavy (non-hydrogen) atoms. The average molecular weight is 869 g/mol. The Bertz CT molecular complexity index is 2580. The molecule has 2 aromatic heterocycles. The van der Waals surface area contributed by atoms with Gasteiger partial charge in [0.05, 0.1) is 69.0 Å². The summed E-state index contributed by atoms with van der Waals surface area (Å²) in [7, 11) is 6.45. The lowest BCUT2D eigenvalue weighted by Gasteiger charge is -2.52. The van der Waals surface area contributed by atoms with E-state index < -0.39 is 51.9 Å². The Balaban J connectivity index is 0.858. The van der Waals surface area contributed by atoms with Crippen LogP contribution in [0.15, 0.2) is 47.5 Å². The largest absolute Gasteiger partial charge is 0.496 e. The Morgan fingerprint density at radius 2 is 1.62 bits per heavy atom. The molecule has 334 valence electrons. The summed E-state index contributed by atoms with van der Waals surface area (Å²) in [6.45, 7) is 7.70. The second kappa shape index (κ2) is 16.9. The summed E-state index contributed by atoms with van der Waals surface area (Å²) in [6.07, 6.45) is 3.58. The number of piperidine rings is 2. The van der Waals surface area contributed by atoms with Gasteiger partial charge in [-0.05, 0) is 56.5 Å². The second-order valence-electron chi connectivity index (χ2n) is 17.7. The molecule has 2 bridgehead atoms. The van der Waals surface area contributed by atoms with Gasteiger partial charge in [-0.1, -0.05) is 19.9 Å². The number of imide groups is 2. The molecule has 0 radical (unpaired) electrons. The summed E-state index contributed by atoms with van der Waals surface area (Å²) >= 11 is 0. The minimum atomic E-state index is -1.40.